The number of alkyl halides is 1. The van der Waals surface area contributed by atoms with E-state index in [0.717, 1.165) is 11.1 Å². The predicted octanol–water partition coefficient (Wildman–Crippen LogP) is 2.14. The number of halogens is 1. The molecule has 4 heteroatoms. The maximum atomic E-state index is 11.2. The Labute approximate surface area is 83.5 Å². The van der Waals surface area contributed by atoms with Gasteiger partial charge in [0.25, 0.3) is 0 Å². The number of hydrogen-bond acceptors (Lipinski definition) is 2. The van der Waals surface area contributed by atoms with Crippen molar-refractivity contribution in [3.8, 4) is 0 Å². The van der Waals surface area contributed by atoms with E-state index in [2.05, 4.69) is 0 Å². The molecular weight excluding hydrogens is 208 g/mol. The van der Waals surface area contributed by atoms with E-state index in [4.69, 9.17) is 11.6 Å². The van der Waals surface area contributed by atoms with Gasteiger partial charge < -0.3 is 0 Å². The first-order valence-corrected chi connectivity index (χ1v) is 6.23. The molecule has 1 aromatic carbocycles. The summed E-state index contributed by atoms with van der Waals surface area (Å²) in [6.07, 6.45) is 1.20. The van der Waals surface area contributed by atoms with Crippen LogP contribution in [-0.4, -0.2) is 14.7 Å². The van der Waals surface area contributed by atoms with E-state index in [1.807, 2.05) is 0 Å². The Balaban J connectivity index is 3.29. The van der Waals surface area contributed by atoms with Gasteiger partial charge in [0.1, 0.15) is 0 Å². The quantitative estimate of drug-likeness (QED) is 0.713. The molecule has 0 aromatic heterocycles. The fourth-order valence-corrected chi connectivity index (χ4v) is 2.34. The van der Waals surface area contributed by atoms with E-state index < -0.39 is 9.84 Å². The van der Waals surface area contributed by atoms with Crippen molar-refractivity contribution in [2.24, 2.45) is 0 Å². The molecule has 0 bridgehead atoms. The number of sulfone groups is 1. The van der Waals surface area contributed by atoms with Crippen LogP contribution >= 0.6 is 11.6 Å². The molecule has 0 saturated carbocycles. The standard InChI is InChI=1S/C9H11ClO2S/c1-7-5-8(6-10)3-4-9(7)13(2,11)12/h3-5H,6H2,1-2H3. The molecule has 0 spiro atoms. The Morgan fingerprint density at radius 1 is 1.38 bits per heavy atom. The van der Waals surface area contributed by atoms with Crippen LogP contribution in [0, 0.1) is 6.92 Å². The van der Waals surface area contributed by atoms with Gasteiger partial charge in [-0.15, -0.1) is 11.6 Å². The van der Waals surface area contributed by atoms with Crippen LogP contribution in [0.5, 0.6) is 0 Å². The van der Waals surface area contributed by atoms with Gasteiger partial charge in [-0.2, -0.15) is 0 Å². The summed E-state index contributed by atoms with van der Waals surface area (Å²) in [7, 11) is -3.10. The van der Waals surface area contributed by atoms with Gasteiger partial charge in [-0.25, -0.2) is 8.42 Å². The topological polar surface area (TPSA) is 34.1 Å². The van der Waals surface area contributed by atoms with Crippen LogP contribution in [0.3, 0.4) is 0 Å². The lowest BCUT2D eigenvalue weighted by Gasteiger charge is -2.04. The normalized spacial score (nSPS) is 11.6. The Hall–Kier alpha value is -0.540. The SMILES string of the molecule is Cc1cc(CCl)ccc1S(C)(=O)=O. The van der Waals surface area contributed by atoms with Crippen LogP contribution in [-0.2, 0) is 15.7 Å². The van der Waals surface area contributed by atoms with Crippen LogP contribution in [0.15, 0.2) is 23.1 Å². The van der Waals surface area contributed by atoms with E-state index in [1.165, 1.54) is 6.26 Å². The number of hydrogen-bond donors (Lipinski definition) is 0. The molecule has 0 unspecified atom stereocenters. The molecule has 0 aliphatic carbocycles. The molecule has 0 aliphatic rings. The summed E-state index contributed by atoms with van der Waals surface area (Å²) in [5.41, 5.74) is 1.69. The van der Waals surface area contributed by atoms with Crippen molar-refractivity contribution in [1.29, 1.82) is 0 Å². The van der Waals surface area contributed by atoms with Gasteiger partial charge in [0.15, 0.2) is 9.84 Å². The zero-order chi connectivity index (χ0) is 10.1. The van der Waals surface area contributed by atoms with Crippen molar-refractivity contribution in [3.63, 3.8) is 0 Å². The van der Waals surface area contributed by atoms with Gasteiger partial charge in [-0.1, -0.05) is 12.1 Å². The van der Waals surface area contributed by atoms with Crippen molar-refractivity contribution in [3.05, 3.63) is 29.3 Å². The molecule has 0 radical (unpaired) electrons. The molecular formula is C9H11ClO2S. The lowest BCUT2D eigenvalue weighted by molar-refractivity contribution is 0.601. The Morgan fingerprint density at radius 2 is 2.00 bits per heavy atom. The second kappa shape index (κ2) is 3.68. The first-order valence-electron chi connectivity index (χ1n) is 3.80. The van der Waals surface area contributed by atoms with Gasteiger partial charge >= 0.3 is 0 Å². The second-order valence-corrected chi connectivity index (χ2v) is 5.26. The first-order chi connectivity index (χ1) is 5.95. The van der Waals surface area contributed by atoms with Gasteiger partial charge in [0, 0.05) is 12.1 Å². The van der Waals surface area contributed by atoms with Crippen LogP contribution in [0.1, 0.15) is 11.1 Å². The van der Waals surface area contributed by atoms with Crippen LogP contribution < -0.4 is 0 Å². The summed E-state index contributed by atoms with van der Waals surface area (Å²) < 4.78 is 22.4. The van der Waals surface area contributed by atoms with Crippen LogP contribution in [0.4, 0.5) is 0 Å². The average molecular weight is 219 g/mol. The van der Waals surface area contributed by atoms with Crippen molar-refractivity contribution < 1.29 is 8.42 Å². The Bertz CT molecular complexity index is 410. The van der Waals surface area contributed by atoms with Crippen molar-refractivity contribution in [2.75, 3.05) is 6.26 Å². The monoisotopic (exact) mass is 218 g/mol. The van der Waals surface area contributed by atoms with E-state index in [9.17, 15) is 8.42 Å². The number of aryl methyl sites for hydroxylation is 1. The first kappa shape index (κ1) is 10.5. The molecule has 1 aromatic rings. The average Bonchev–Trinajstić information content (AvgIpc) is 2.01. The zero-order valence-electron chi connectivity index (χ0n) is 7.54. The minimum atomic E-state index is -3.10. The summed E-state index contributed by atoms with van der Waals surface area (Å²) in [6, 6.07) is 5.13. The van der Waals surface area contributed by atoms with E-state index in [1.54, 1.807) is 25.1 Å². The Morgan fingerprint density at radius 3 is 2.38 bits per heavy atom. The third-order valence-corrected chi connectivity index (χ3v) is 3.36. The molecule has 0 atom stereocenters. The predicted molar refractivity (Wildman–Crippen MR) is 53.8 cm³/mol. The van der Waals surface area contributed by atoms with Gasteiger partial charge in [0.2, 0.25) is 0 Å². The lowest BCUT2D eigenvalue weighted by atomic mass is 10.2. The highest BCUT2D eigenvalue weighted by Gasteiger charge is 2.10. The smallest absolute Gasteiger partial charge is 0.175 e. The highest BCUT2D eigenvalue weighted by Crippen LogP contribution is 2.17. The minimum absolute atomic E-state index is 0.376. The lowest BCUT2D eigenvalue weighted by Crippen LogP contribution is -2.00. The fraction of sp³-hybridized carbons (Fsp3) is 0.333. The van der Waals surface area contributed by atoms with E-state index >= 15 is 0 Å². The molecule has 0 saturated heterocycles. The van der Waals surface area contributed by atoms with Crippen molar-refractivity contribution >= 4 is 21.4 Å². The Kier molecular flexibility index (Phi) is 2.98. The maximum absolute atomic E-state index is 11.2. The molecule has 0 heterocycles. The minimum Gasteiger partial charge on any atom is -0.224 e. The van der Waals surface area contributed by atoms with Crippen molar-refractivity contribution in [2.45, 2.75) is 17.7 Å². The summed E-state index contributed by atoms with van der Waals surface area (Å²) >= 11 is 5.62. The molecule has 0 N–H and O–H groups in total. The molecule has 0 fully saturated rings. The van der Waals surface area contributed by atoms with Gasteiger partial charge in [-0.05, 0) is 24.1 Å². The van der Waals surface area contributed by atoms with Gasteiger partial charge in [-0.3, -0.25) is 0 Å². The molecule has 1 rings (SSSR count). The summed E-state index contributed by atoms with van der Waals surface area (Å²) in [5, 5.41) is 0. The highest BCUT2D eigenvalue weighted by atomic mass is 35.5. The molecule has 0 amide bonds. The number of benzene rings is 1. The second-order valence-electron chi connectivity index (χ2n) is 3.01. The molecule has 72 valence electrons. The fourth-order valence-electron chi connectivity index (χ4n) is 1.21. The third kappa shape index (κ3) is 2.45. The largest absolute Gasteiger partial charge is 0.224 e. The highest BCUT2D eigenvalue weighted by molar-refractivity contribution is 7.90. The molecule has 2 nitrogen and oxygen atoms in total. The third-order valence-electron chi connectivity index (χ3n) is 1.79. The zero-order valence-corrected chi connectivity index (χ0v) is 9.11. The van der Waals surface area contributed by atoms with E-state index in [-0.39, 0.29) is 0 Å². The maximum Gasteiger partial charge on any atom is 0.175 e. The molecule has 13 heavy (non-hydrogen) atoms. The molecule has 0 aliphatic heterocycles. The van der Waals surface area contributed by atoms with Crippen molar-refractivity contribution in [1.82, 2.24) is 0 Å². The summed E-state index contributed by atoms with van der Waals surface area (Å²) in [4.78, 5) is 0.376. The van der Waals surface area contributed by atoms with Gasteiger partial charge in [0.05, 0.1) is 4.90 Å². The van der Waals surface area contributed by atoms with Crippen LogP contribution in [0.2, 0.25) is 0 Å². The van der Waals surface area contributed by atoms with E-state index in [0.29, 0.717) is 10.8 Å². The summed E-state index contributed by atoms with van der Waals surface area (Å²) in [5.74, 6) is 0.408. The number of rotatable bonds is 2. The summed E-state index contributed by atoms with van der Waals surface area (Å²) in [6.45, 7) is 1.77. The van der Waals surface area contributed by atoms with Crippen LogP contribution in [0.25, 0.3) is 0 Å².